The van der Waals surface area contributed by atoms with Crippen molar-refractivity contribution < 1.29 is 13.2 Å². The largest absolute Gasteiger partial charge is 0.378 e. The van der Waals surface area contributed by atoms with Gasteiger partial charge in [-0.2, -0.15) is 5.26 Å². The summed E-state index contributed by atoms with van der Waals surface area (Å²) in [4.78, 5) is 0. The number of nitrogens with one attached hydrogen (secondary N) is 1. The van der Waals surface area contributed by atoms with Crippen LogP contribution in [0.3, 0.4) is 0 Å². The van der Waals surface area contributed by atoms with Gasteiger partial charge in [0, 0.05) is 17.3 Å². The molecule has 0 spiro atoms. The van der Waals surface area contributed by atoms with E-state index in [4.69, 9.17) is 5.26 Å². The Kier molecular flexibility index (Phi) is 3.94. The number of halogens is 3. The van der Waals surface area contributed by atoms with Crippen molar-refractivity contribution >= 4 is 5.69 Å². The SMILES string of the molecule is CC(Nc1cc(F)cc(F)c1)c1cc(C#N)ccc1F. The lowest BCUT2D eigenvalue weighted by atomic mass is 10.0. The molecule has 0 aromatic heterocycles. The molecule has 0 aliphatic carbocycles. The van der Waals surface area contributed by atoms with Crippen molar-refractivity contribution in [1.82, 2.24) is 0 Å². The van der Waals surface area contributed by atoms with Crippen LogP contribution in [-0.2, 0) is 0 Å². The first-order chi connectivity index (χ1) is 9.49. The lowest BCUT2D eigenvalue weighted by Crippen LogP contribution is -2.09. The first-order valence-electron chi connectivity index (χ1n) is 5.92. The minimum Gasteiger partial charge on any atom is -0.378 e. The zero-order valence-corrected chi connectivity index (χ0v) is 10.6. The summed E-state index contributed by atoms with van der Waals surface area (Å²) in [6.07, 6.45) is 0. The van der Waals surface area contributed by atoms with Gasteiger partial charge in [-0.1, -0.05) is 0 Å². The van der Waals surface area contributed by atoms with Crippen molar-refractivity contribution in [2.45, 2.75) is 13.0 Å². The van der Waals surface area contributed by atoms with Gasteiger partial charge in [0.05, 0.1) is 17.7 Å². The number of hydrogen-bond acceptors (Lipinski definition) is 2. The van der Waals surface area contributed by atoms with Crippen molar-refractivity contribution in [1.29, 1.82) is 5.26 Å². The highest BCUT2D eigenvalue weighted by molar-refractivity contribution is 5.47. The summed E-state index contributed by atoms with van der Waals surface area (Å²) in [7, 11) is 0. The summed E-state index contributed by atoms with van der Waals surface area (Å²) in [6, 6.07) is 8.34. The summed E-state index contributed by atoms with van der Waals surface area (Å²) in [5.74, 6) is -1.92. The third-order valence-corrected chi connectivity index (χ3v) is 2.84. The Labute approximate surface area is 114 Å². The van der Waals surface area contributed by atoms with E-state index >= 15 is 0 Å². The lowest BCUT2D eigenvalue weighted by molar-refractivity contribution is 0.582. The summed E-state index contributed by atoms with van der Waals surface area (Å²) in [5.41, 5.74) is 0.783. The van der Waals surface area contributed by atoms with Crippen LogP contribution in [0.2, 0.25) is 0 Å². The molecule has 1 unspecified atom stereocenters. The van der Waals surface area contributed by atoms with Crippen molar-refractivity contribution in [3.05, 3.63) is 65.0 Å². The Morgan fingerprint density at radius 2 is 1.70 bits per heavy atom. The van der Waals surface area contributed by atoms with E-state index in [-0.39, 0.29) is 11.3 Å². The third kappa shape index (κ3) is 3.09. The maximum atomic E-state index is 13.7. The van der Waals surface area contributed by atoms with Crippen LogP contribution in [0.5, 0.6) is 0 Å². The average Bonchev–Trinajstić information content (AvgIpc) is 2.37. The predicted octanol–water partition coefficient (Wildman–Crippen LogP) is 4.15. The van der Waals surface area contributed by atoms with Gasteiger partial charge in [-0.15, -0.1) is 0 Å². The van der Waals surface area contributed by atoms with Gasteiger partial charge < -0.3 is 5.32 Å². The van der Waals surface area contributed by atoms with Crippen LogP contribution in [0, 0.1) is 28.8 Å². The molecular formula is C15H11F3N2. The van der Waals surface area contributed by atoms with Crippen LogP contribution < -0.4 is 5.32 Å². The molecule has 0 saturated carbocycles. The standard InChI is InChI=1S/C15H11F3N2/c1-9(14-4-10(8-19)2-3-15(14)18)20-13-6-11(16)5-12(17)7-13/h2-7,9,20H,1H3. The second-order valence-corrected chi connectivity index (χ2v) is 4.37. The number of benzene rings is 2. The molecule has 20 heavy (non-hydrogen) atoms. The predicted molar refractivity (Wildman–Crippen MR) is 69.5 cm³/mol. The van der Waals surface area contributed by atoms with Crippen molar-refractivity contribution in [2.75, 3.05) is 5.32 Å². The molecule has 0 radical (unpaired) electrons. The molecule has 0 saturated heterocycles. The van der Waals surface area contributed by atoms with E-state index < -0.39 is 23.5 Å². The number of anilines is 1. The van der Waals surface area contributed by atoms with Gasteiger partial charge in [0.15, 0.2) is 0 Å². The zero-order chi connectivity index (χ0) is 14.7. The highest BCUT2D eigenvalue weighted by atomic mass is 19.1. The quantitative estimate of drug-likeness (QED) is 0.914. The van der Waals surface area contributed by atoms with Gasteiger partial charge in [0.25, 0.3) is 0 Å². The molecule has 5 heteroatoms. The number of nitrogens with zero attached hydrogens (tertiary/aromatic N) is 1. The van der Waals surface area contributed by atoms with Crippen LogP contribution >= 0.6 is 0 Å². The summed E-state index contributed by atoms with van der Waals surface area (Å²) in [6.45, 7) is 1.64. The topological polar surface area (TPSA) is 35.8 Å². The highest BCUT2D eigenvalue weighted by Crippen LogP contribution is 2.23. The molecule has 0 heterocycles. The summed E-state index contributed by atoms with van der Waals surface area (Å²) >= 11 is 0. The van der Waals surface area contributed by atoms with E-state index in [2.05, 4.69) is 5.32 Å². The van der Waals surface area contributed by atoms with Crippen molar-refractivity contribution in [3.63, 3.8) is 0 Å². The molecule has 1 atom stereocenters. The summed E-state index contributed by atoms with van der Waals surface area (Å²) < 4.78 is 39.9. The number of rotatable bonds is 3. The van der Waals surface area contributed by atoms with E-state index in [9.17, 15) is 13.2 Å². The van der Waals surface area contributed by atoms with Crippen molar-refractivity contribution in [3.8, 4) is 6.07 Å². The molecule has 0 fully saturated rings. The second-order valence-electron chi connectivity index (χ2n) is 4.37. The van der Waals surface area contributed by atoms with Crippen LogP contribution in [0.1, 0.15) is 24.1 Å². The number of nitriles is 1. The summed E-state index contributed by atoms with van der Waals surface area (Å²) in [5, 5.41) is 11.6. The monoisotopic (exact) mass is 276 g/mol. The molecule has 0 bridgehead atoms. The van der Waals surface area contributed by atoms with Crippen LogP contribution in [0.25, 0.3) is 0 Å². The van der Waals surface area contributed by atoms with Crippen LogP contribution in [0.4, 0.5) is 18.9 Å². The Hall–Kier alpha value is -2.48. The molecule has 2 rings (SSSR count). The minimum atomic E-state index is -0.717. The van der Waals surface area contributed by atoms with E-state index in [0.29, 0.717) is 5.56 Å². The zero-order valence-electron chi connectivity index (χ0n) is 10.6. The maximum Gasteiger partial charge on any atom is 0.128 e. The van der Waals surface area contributed by atoms with Gasteiger partial charge in [0.2, 0.25) is 0 Å². The molecule has 1 N–H and O–H groups in total. The Morgan fingerprint density at radius 1 is 1.05 bits per heavy atom. The van der Waals surface area contributed by atoms with Crippen LogP contribution in [-0.4, -0.2) is 0 Å². The molecule has 0 aliphatic heterocycles. The first kappa shape index (κ1) is 13.9. The lowest BCUT2D eigenvalue weighted by Gasteiger charge is -2.16. The third-order valence-electron chi connectivity index (χ3n) is 2.84. The van der Waals surface area contributed by atoms with Gasteiger partial charge in [-0.25, -0.2) is 13.2 Å². The minimum absolute atomic E-state index is 0.205. The molecule has 2 aromatic carbocycles. The maximum absolute atomic E-state index is 13.7. The van der Waals surface area contributed by atoms with E-state index in [0.717, 1.165) is 18.2 Å². The van der Waals surface area contributed by atoms with E-state index in [1.165, 1.54) is 18.2 Å². The van der Waals surface area contributed by atoms with E-state index in [1.807, 2.05) is 6.07 Å². The molecule has 102 valence electrons. The second kappa shape index (κ2) is 5.66. The Bertz CT molecular complexity index is 657. The molecular weight excluding hydrogens is 265 g/mol. The highest BCUT2D eigenvalue weighted by Gasteiger charge is 2.12. The smallest absolute Gasteiger partial charge is 0.128 e. The molecule has 0 aliphatic rings. The first-order valence-corrected chi connectivity index (χ1v) is 5.92. The van der Waals surface area contributed by atoms with Gasteiger partial charge in [-0.3, -0.25) is 0 Å². The fourth-order valence-corrected chi connectivity index (χ4v) is 1.91. The van der Waals surface area contributed by atoms with E-state index in [1.54, 1.807) is 6.92 Å². The van der Waals surface area contributed by atoms with Gasteiger partial charge >= 0.3 is 0 Å². The molecule has 2 aromatic rings. The Morgan fingerprint density at radius 3 is 2.30 bits per heavy atom. The van der Waals surface area contributed by atoms with Crippen molar-refractivity contribution in [2.24, 2.45) is 0 Å². The molecule has 2 nitrogen and oxygen atoms in total. The number of hydrogen-bond donors (Lipinski definition) is 1. The van der Waals surface area contributed by atoms with Crippen LogP contribution in [0.15, 0.2) is 36.4 Å². The van der Waals surface area contributed by atoms with Gasteiger partial charge in [0.1, 0.15) is 17.5 Å². The van der Waals surface area contributed by atoms with Gasteiger partial charge in [-0.05, 0) is 37.3 Å². The average molecular weight is 276 g/mol. The Balaban J connectivity index is 2.28. The normalized spacial score (nSPS) is 11.8. The fourth-order valence-electron chi connectivity index (χ4n) is 1.91. The molecule has 0 amide bonds. The fraction of sp³-hybridized carbons (Fsp3) is 0.133.